The van der Waals surface area contributed by atoms with Crippen LogP contribution in [0.15, 0.2) is 12.1 Å². The minimum absolute atomic E-state index is 0.188. The zero-order valence-electron chi connectivity index (χ0n) is 19.5. The molecule has 1 rings (SSSR count). The zero-order valence-corrected chi connectivity index (χ0v) is 19.5. The Balaban J connectivity index is 2.45. The van der Waals surface area contributed by atoms with Crippen LogP contribution in [-0.2, 0) is 12.8 Å². The predicted molar refractivity (Wildman–Crippen MR) is 122 cm³/mol. The average Bonchev–Trinajstić information content (AvgIpc) is 2.58. The van der Waals surface area contributed by atoms with Crippen molar-refractivity contribution in [3.63, 3.8) is 0 Å². The van der Waals surface area contributed by atoms with E-state index >= 15 is 0 Å². The van der Waals surface area contributed by atoms with Crippen molar-refractivity contribution in [1.29, 1.82) is 0 Å². The topological polar surface area (TPSA) is 40.5 Å². The molecule has 0 aliphatic heterocycles. The van der Waals surface area contributed by atoms with Crippen LogP contribution in [0.1, 0.15) is 117 Å². The third-order valence-electron chi connectivity index (χ3n) is 6.16. The van der Waals surface area contributed by atoms with Crippen molar-refractivity contribution in [2.75, 3.05) is 0 Å². The van der Waals surface area contributed by atoms with Gasteiger partial charge in [-0.25, -0.2) is 0 Å². The van der Waals surface area contributed by atoms with Crippen LogP contribution >= 0.6 is 0 Å². The Morgan fingerprint density at radius 2 is 1.29 bits per heavy atom. The van der Waals surface area contributed by atoms with Gasteiger partial charge in [-0.2, -0.15) is 0 Å². The van der Waals surface area contributed by atoms with E-state index < -0.39 is 0 Å². The quantitative estimate of drug-likeness (QED) is 0.333. The van der Waals surface area contributed by atoms with E-state index in [0.717, 1.165) is 36.8 Å². The number of hydrogen-bond donors (Lipinski definition) is 2. The molecule has 0 atom stereocenters. The van der Waals surface area contributed by atoms with E-state index in [1.807, 2.05) is 6.07 Å². The van der Waals surface area contributed by atoms with E-state index in [1.54, 1.807) is 0 Å². The second-order valence-electron chi connectivity index (χ2n) is 10.7. The molecule has 0 fully saturated rings. The van der Waals surface area contributed by atoms with Crippen LogP contribution in [0.3, 0.4) is 0 Å². The van der Waals surface area contributed by atoms with Crippen LogP contribution in [0, 0.1) is 10.8 Å². The smallest absolute Gasteiger partial charge is 0.122 e. The third kappa shape index (κ3) is 10.4. The van der Waals surface area contributed by atoms with Gasteiger partial charge in [0, 0.05) is 6.07 Å². The minimum Gasteiger partial charge on any atom is -0.508 e. The summed E-state index contributed by atoms with van der Waals surface area (Å²) in [4.78, 5) is 0. The monoisotopic (exact) mass is 390 g/mol. The SMILES string of the molecule is CCC(C)(C)CCCCCCc1c(O)cc(O)cc1CCCCCC(C)(C)C. The van der Waals surface area contributed by atoms with Crippen LogP contribution in [0.4, 0.5) is 0 Å². The van der Waals surface area contributed by atoms with Crippen LogP contribution in [0.2, 0.25) is 0 Å². The van der Waals surface area contributed by atoms with Crippen LogP contribution < -0.4 is 0 Å². The average molecular weight is 391 g/mol. The summed E-state index contributed by atoms with van der Waals surface area (Å²) < 4.78 is 0. The van der Waals surface area contributed by atoms with Gasteiger partial charge in [0.2, 0.25) is 0 Å². The second kappa shape index (κ2) is 11.7. The van der Waals surface area contributed by atoms with Gasteiger partial charge < -0.3 is 10.2 Å². The molecule has 2 heteroatoms. The molecule has 0 bridgehead atoms. The number of phenolic OH excluding ortho intramolecular Hbond substituents is 2. The fourth-order valence-electron chi connectivity index (χ4n) is 3.79. The highest BCUT2D eigenvalue weighted by molar-refractivity contribution is 5.45. The summed E-state index contributed by atoms with van der Waals surface area (Å²) in [7, 11) is 0. The van der Waals surface area contributed by atoms with E-state index in [0.29, 0.717) is 10.8 Å². The Morgan fingerprint density at radius 1 is 0.714 bits per heavy atom. The fraction of sp³-hybridized carbons (Fsp3) is 0.769. The molecule has 0 aliphatic rings. The van der Waals surface area contributed by atoms with Crippen molar-refractivity contribution in [2.24, 2.45) is 10.8 Å². The van der Waals surface area contributed by atoms with Gasteiger partial charge in [-0.05, 0) is 66.5 Å². The summed E-state index contributed by atoms with van der Waals surface area (Å²) in [6, 6.07) is 3.37. The van der Waals surface area contributed by atoms with Crippen molar-refractivity contribution in [3.05, 3.63) is 23.3 Å². The number of hydrogen-bond acceptors (Lipinski definition) is 2. The van der Waals surface area contributed by atoms with Crippen LogP contribution in [-0.4, -0.2) is 10.2 Å². The van der Waals surface area contributed by atoms with Gasteiger partial charge in [-0.3, -0.25) is 0 Å². The first-order valence-corrected chi connectivity index (χ1v) is 11.6. The molecule has 0 unspecified atom stereocenters. The van der Waals surface area contributed by atoms with E-state index in [-0.39, 0.29) is 11.5 Å². The number of phenols is 2. The highest BCUT2D eigenvalue weighted by atomic mass is 16.3. The standard InChI is InChI=1S/C26H46O2/c1-7-26(5,6)18-14-9-8-12-16-23-21(19-22(27)20-24(23)28)15-11-10-13-17-25(2,3)4/h19-20,27-28H,7-18H2,1-6H3. The highest BCUT2D eigenvalue weighted by Gasteiger charge is 2.14. The van der Waals surface area contributed by atoms with Gasteiger partial charge in [-0.15, -0.1) is 0 Å². The molecule has 1 aromatic rings. The molecule has 0 aliphatic carbocycles. The molecule has 0 heterocycles. The summed E-state index contributed by atoms with van der Waals surface area (Å²) in [6.07, 6.45) is 14.1. The van der Waals surface area contributed by atoms with E-state index in [1.165, 1.54) is 57.4 Å². The summed E-state index contributed by atoms with van der Waals surface area (Å²) in [6.45, 7) is 13.9. The summed E-state index contributed by atoms with van der Waals surface area (Å²) >= 11 is 0. The third-order valence-corrected chi connectivity index (χ3v) is 6.16. The molecule has 2 N–H and O–H groups in total. The number of aromatic hydroxyl groups is 2. The fourth-order valence-corrected chi connectivity index (χ4v) is 3.79. The number of aryl methyl sites for hydroxylation is 1. The Kier molecular flexibility index (Phi) is 10.4. The van der Waals surface area contributed by atoms with Gasteiger partial charge in [-0.1, -0.05) is 80.1 Å². The number of unbranched alkanes of at least 4 members (excludes halogenated alkanes) is 5. The molecule has 0 spiro atoms. The summed E-state index contributed by atoms with van der Waals surface area (Å²) in [5, 5.41) is 20.3. The molecule has 0 saturated carbocycles. The predicted octanol–water partition coefficient (Wildman–Crippen LogP) is 8.18. The molecule has 2 nitrogen and oxygen atoms in total. The van der Waals surface area contributed by atoms with Gasteiger partial charge >= 0.3 is 0 Å². The van der Waals surface area contributed by atoms with Gasteiger partial charge in [0.05, 0.1) is 0 Å². The minimum atomic E-state index is 0.188. The Bertz CT molecular complexity index is 567. The van der Waals surface area contributed by atoms with Gasteiger partial charge in [0.1, 0.15) is 11.5 Å². The largest absolute Gasteiger partial charge is 0.508 e. The van der Waals surface area contributed by atoms with E-state index in [4.69, 9.17) is 0 Å². The molecule has 0 radical (unpaired) electrons. The maximum absolute atomic E-state index is 10.4. The van der Waals surface area contributed by atoms with Crippen molar-refractivity contribution in [2.45, 2.75) is 119 Å². The summed E-state index contributed by atoms with van der Waals surface area (Å²) in [5.41, 5.74) is 3.07. The van der Waals surface area contributed by atoms with E-state index in [9.17, 15) is 10.2 Å². The number of benzene rings is 1. The van der Waals surface area contributed by atoms with Gasteiger partial charge in [0.15, 0.2) is 0 Å². The lowest BCUT2D eigenvalue weighted by molar-refractivity contribution is 0.307. The highest BCUT2D eigenvalue weighted by Crippen LogP contribution is 2.31. The lowest BCUT2D eigenvalue weighted by Crippen LogP contribution is -2.08. The second-order valence-corrected chi connectivity index (χ2v) is 10.7. The van der Waals surface area contributed by atoms with Crippen molar-refractivity contribution in [3.8, 4) is 11.5 Å². The van der Waals surface area contributed by atoms with Crippen LogP contribution in [0.25, 0.3) is 0 Å². The molecular weight excluding hydrogens is 344 g/mol. The lowest BCUT2D eigenvalue weighted by Gasteiger charge is -2.22. The normalized spacial score (nSPS) is 12.5. The van der Waals surface area contributed by atoms with Crippen molar-refractivity contribution < 1.29 is 10.2 Å². The maximum atomic E-state index is 10.4. The van der Waals surface area contributed by atoms with Gasteiger partial charge in [0.25, 0.3) is 0 Å². The Labute approximate surface area is 174 Å². The first-order chi connectivity index (χ1) is 13.0. The van der Waals surface area contributed by atoms with Crippen LogP contribution in [0.5, 0.6) is 11.5 Å². The molecule has 0 saturated heterocycles. The Morgan fingerprint density at radius 3 is 1.93 bits per heavy atom. The molecule has 0 aromatic heterocycles. The molecule has 162 valence electrons. The van der Waals surface area contributed by atoms with Crippen molar-refractivity contribution >= 4 is 0 Å². The Hall–Kier alpha value is -1.18. The van der Waals surface area contributed by atoms with Crippen molar-refractivity contribution in [1.82, 2.24) is 0 Å². The molecule has 0 amide bonds. The zero-order chi connectivity index (χ0) is 21.2. The summed E-state index contributed by atoms with van der Waals surface area (Å²) in [5.74, 6) is 0.463. The molecule has 1 aromatic carbocycles. The maximum Gasteiger partial charge on any atom is 0.122 e. The lowest BCUT2D eigenvalue weighted by atomic mass is 9.84. The van der Waals surface area contributed by atoms with E-state index in [2.05, 4.69) is 41.5 Å². The molecule has 28 heavy (non-hydrogen) atoms. The molecular formula is C26H46O2. The first kappa shape index (κ1) is 24.9. The first-order valence-electron chi connectivity index (χ1n) is 11.6. The number of rotatable bonds is 13.